The average molecular weight is 718 g/mol. The number of nitrogens with one attached hydrogen (secondary N) is 2. The maximum Gasteiger partial charge on any atom is 0.273 e. The van der Waals surface area contributed by atoms with Crippen LogP contribution in [0, 0.1) is 20.2 Å². The molecule has 1 amide bonds. The van der Waals surface area contributed by atoms with E-state index in [9.17, 15) is 25.0 Å². The third-order valence-electron chi connectivity index (χ3n) is 8.90. The Kier molecular flexibility index (Phi) is 8.84. The van der Waals surface area contributed by atoms with E-state index in [0.29, 0.717) is 40.6 Å². The van der Waals surface area contributed by atoms with Crippen LogP contribution in [0.2, 0.25) is 0 Å². The molecule has 7 rings (SSSR count). The highest BCUT2D eigenvalue weighted by molar-refractivity contribution is 6.02. The first kappa shape index (κ1) is 34.1. The number of hydrogen-bond acceptors (Lipinski definition) is 13. The molecule has 2 aromatic heterocycles. The summed E-state index contributed by atoms with van der Waals surface area (Å²) in [5.74, 6) is 0.321. The minimum absolute atomic E-state index is 0.0986. The number of hydrogen-bond donors (Lipinski definition) is 2. The lowest BCUT2D eigenvalue weighted by Gasteiger charge is -2.47. The molecule has 0 saturated heterocycles. The zero-order valence-electron chi connectivity index (χ0n) is 28.5. The van der Waals surface area contributed by atoms with Crippen LogP contribution in [-0.4, -0.2) is 60.0 Å². The number of nitro benzene ring substituents is 2. The van der Waals surface area contributed by atoms with Gasteiger partial charge in [0, 0.05) is 17.8 Å². The van der Waals surface area contributed by atoms with Crippen LogP contribution in [-0.2, 0) is 18.8 Å². The van der Waals surface area contributed by atoms with Crippen LogP contribution in [0.1, 0.15) is 34.2 Å². The fraction of sp³-hybridized carbons (Fsp3) is 0.171. The number of carbonyl (C=O) groups is 1. The summed E-state index contributed by atoms with van der Waals surface area (Å²) in [6.07, 6.45) is 3.41. The van der Waals surface area contributed by atoms with Crippen molar-refractivity contribution in [2.24, 2.45) is 0 Å². The van der Waals surface area contributed by atoms with Gasteiger partial charge in [0.25, 0.3) is 17.3 Å². The van der Waals surface area contributed by atoms with E-state index in [2.05, 4.69) is 31.3 Å². The van der Waals surface area contributed by atoms with E-state index in [4.69, 9.17) is 9.47 Å². The molecule has 0 fully saturated rings. The Hall–Kier alpha value is -7.37. The van der Waals surface area contributed by atoms with Gasteiger partial charge in [-0.25, -0.2) is 9.36 Å². The lowest BCUT2D eigenvalue weighted by molar-refractivity contribution is -0.385. The number of benzene rings is 4. The number of non-ortho nitro benzene ring substituents is 2. The van der Waals surface area contributed by atoms with Crippen molar-refractivity contribution in [2.45, 2.75) is 25.7 Å². The number of fused-ring (bicyclic) bond motifs is 1. The molecule has 6 aromatic rings. The average Bonchev–Trinajstić information content (AvgIpc) is 3.85. The molecule has 18 heteroatoms. The van der Waals surface area contributed by atoms with E-state index < -0.39 is 15.5 Å². The van der Waals surface area contributed by atoms with Gasteiger partial charge < -0.3 is 25.0 Å². The number of anilines is 2. The number of carbonyl (C=O) groups excluding carboxylic acids is 1. The Morgan fingerprint density at radius 1 is 0.774 bits per heavy atom. The monoisotopic (exact) mass is 717 g/mol. The predicted molar refractivity (Wildman–Crippen MR) is 190 cm³/mol. The van der Waals surface area contributed by atoms with Crippen LogP contribution in [0.15, 0.2) is 97.3 Å². The molecule has 0 saturated carbocycles. The van der Waals surface area contributed by atoms with Gasteiger partial charge in [-0.1, -0.05) is 34.7 Å². The van der Waals surface area contributed by atoms with Crippen LogP contribution in [0.4, 0.5) is 22.7 Å². The van der Waals surface area contributed by atoms with Gasteiger partial charge in [0.2, 0.25) is 0 Å². The summed E-state index contributed by atoms with van der Waals surface area (Å²) >= 11 is 0. The second-order valence-electron chi connectivity index (χ2n) is 12.1. The molecule has 1 unspecified atom stereocenters. The van der Waals surface area contributed by atoms with Crippen molar-refractivity contribution in [3.8, 4) is 22.9 Å². The van der Waals surface area contributed by atoms with E-state index in [1.54, 1.807) is 36.7 Å². The van der Waals surface area contributed by atoms with Gasteiger partial charge >= 0.3 is 0 Å². The number of rotatable bonds is 12. The number of nitrogens with zero attached hydrogens (tertiary/aromatic N) is 9. The highest BCUT2D eigenvalue weighted by Crippen LogP contribution is 2.39. The summed E-state index contributed by atoms with van der Waals surface area (Å²) in [6.45, 7) is 2.49. The highest BCUT2D eigenvalue weighted by Gasteiger charge is 2.42. The molecule has 53 heavy (non-hydrogen) atoms. The summed E-state index contributed by atoms with van der Waals surface area (Å²) < 4.78 is 13.7. The number of para-hydroxylation sites is 1. The van der Waals surface area contributed by atoms with Crippen LogP contribution < -0.4 is 25.0 Å². The molecule has 1 atom stereocenters. The smallest absolute Gasteiger partial charge is 0.273 e. The zero-order valence-corrected chi connectivity index (χ0v) is 28.5. The Balaban J connectivity index is 1.11. The van der Waals surface area contributed by atoms with Gasteiger partial charge in [-0.3, -0.25) is 25.0 Å². The molecule has 1 aliphatic heterocycles. The fourth-order valence-electron chi connectivity index (χ4n) is 6.16. The van der Waals surface area contributed by atoms with Crippen LogP contribution in [0.3, 0.4) is 0 Å². The minimum Gasteiger partial charge on any atom is -0.494 e. The Morgan fingerprint density at radius 3 is 1.92 bits per heavy atom. The molecule has 4 aromatic carbocycles. The zero-order chi connectivity index (χ0) is 37.3. The van der Waals surface area contributed by atoms with Crippen molar-refractivity contribution < 1.29 is 24.1 Å². The molecule has 2 N–H and O–H groups in total. The van der Waals surface area contributed by atoms with Crippen LogP contribution in [0.25, 0.3) is 11.4 Å². The topological polar surface area (TPSA) is 211 Å². The Morgan fingerprint density at radius 2 is 1.34 bits per heavy atom. The largest absolute Gasteiger partial charge is 0.494 e. The summed E-state index contributed by atoms with van der Waals surface area (Å²) in [6, 6.07) is 23.4. The number of methoxy groups -OCH3 is 2. The maximum atomic E-state index is 13.4. The molecule has 18 nitrogen and oxygen atoms in total. The van der Waals surface area contributed by atoms with E-state index in [0.717, 1.165) is 11.3 Å². The normalized spacial score (nSPS) is 15.0. The lowest BCUT2D eigenvalue weighted by atomic mass is 9.93. The van der Waals surface area contributed by atoms with Gasteiger partial charge in [0.1, 0.15) is 28.4 Å². The van der Waals surface area contributed by atoms with Crippen molar-refractivity contribution in [3.63, 3.8) is 0 Å². The molecule has 268 valence electrons. The van der Waals surface area contributed by atoms with Crippen molar-refractivity contribution in [1.82, 2.24) is 35.3 Å². The summed E-state index contributed by atoms with van der Waals surface area (Å²) in [5.41, 5.74) is 3.74. The first-order valence-corrected chi connectivity index (χ1v) is 16.1. The molecular weight excluding hydrogens is 686 g/mol. The number of aromatic nitrogens is 6. The Bertz CT molecular complexity index is 2360. The van der Waals surface area contributed by atoms with Gasteiger partial charge in [0.05, 0.1) is 72.9 Å². The first-order valence-electron chi connectivity index (χ1n) is 16.1. The van der Waals surface area contributed by atoms with Crippen LogP contribution >= 0.6 is 0 Å². The number of ether oxygens (including phenoxy) is 2. The first-order chi connectivity index (χ1) is 25.6. The summed E-state index contributed by atoms with van der Waals surface area (Å²) in [4.78, 5) is 36.9. The van der Waals surface area contributed by atoms with Gasteiger partial charge in [-0.2, -0.15) is 0 Å². The minimum atomic E-state index is -1.01. The van der Waals surface area contributed by atoms with E-state index in [1.165, 1.54) is 47.8 Å². The van der Waals surface area contributed by atoms with Gasteiger partial charge in [-0.15, -0.1) is 10.2 Å². The van der Waals surface area contributed by atoms with Crippen molar-refractivity contribution in [3.05, 3.63) is 140 Å². The summed E-state index contributed by atoms with van der Waals surface area (Å²) in [7, 11) is 2.85. The van der Waals surface area contributed by atoms with Gasteiger partial charge in [0.15, 0.2) is 11.5 Å². The second-order valence-corrected chi connectivity index (χ2v) is 12.1. The quantitative estimate of drug-likeness (QED) is 0.127. The molecule has 0 spiro atoms. The van der Waals surface area contributed by atoms with Crippen LogP contribution in [0.5, 0.6) is 11.5 Å². The summed E-state index contributed by atoms with van der Waals surface area (Å²) in [5, 5.41) is 46.0. The fourth-order valence-corrected chi connectivity index (χ4v) is 6.16. The third kappa shape index (κ3) is 6.51. The highest BCUT2D eigenvalue weighted by atomic mass is 16.6. The standard InChI is InChI=1S/C35H31N11O7/c1-35(22-8-10-23(11-9-22)36-18-24-20-43(40-38-24)30-14-12-26(45(48)49)16-32(30)52-2)37-34(47)28-6-4-5-7-29(28)42(35)19-25-21-44(41-39-25)31-15-13-27(46(50)51)17-33(31)53-3/h4-17,20-21,36H,18-19H2,1-3H3,(H,37,47). The van der Waals surface area contributed by atoms with E-state index in [1.807, 2.05) is 48.2 Å². The maximum absolute atomic E-state index is 13.4. The molecule has 1 aliphatic rings. The molecule has 0 bridgehead atoms. The molecular formula is C35H31N11O7. The Labute approximate surface area is 300 Å². The van der Waals surface area contributed by atoms with Crippen molar-refractivity contribution in [1.29, 1.82) is 0 Å². The lowest BCUT2D eigenvalue weighted by Crippen LogP contribution is -2.59. The predicted octanol–water partition coefficient (Wildman–Crippen LogP) is 4.92. The molecule has 3 heterocycles. The number of amides is 1. The van der Waals surface area contributed by atoms with Crippen molar-refractivity contribution >= 4 is 28.7 Å². The molecule has 0 radical (unpaired) electrons. The second kappa shape index (κ2) is 13.7. The van der Waals surface area contributed by atoms with Gasteiger partial charge in [-0.05, 0) is 48.9 Å². The number of nitro groups is 2. The SMILES string of the molecule is COc1cc([N+](=O)[O-])ccc1-n1cc(CNc2ccc(C3(C)NC(=O)c4ccccc4N3Cc3cn(-c4ccc([N+](=O)[O-])cc4OC)nn3)cc2)nn1. The molecule has 0 aliphatic carbocycles. The third-order valence-corrected chi connectivity index (χ3v) is 8.90. The van der Waals surface area contributed by atoms with Crippen molar-refractivity contribution in [2.75, 3.05) is 24.4 Å². The van der Waals surface area contributed by atoms with E-state index in [-0.39, 0.29) is 35.3 Å². The van der Waals surface area contributed by atoms with E-state index >= 15 is 0 Å².